The van der Waals surface area contributed by atoms with E-state index < -0.39 is 0 Å². The number of furan rings is 1. The minimum atomic E-state index is 0.715. The monoisotopic (exact) mass is 278 g/mol. The van der Waals surface area contributed by atoms with Crippen molar-refractivity contribution >= 4 is 12.6 Å². The Kier molecular flexibility index (Phi) is 4.26. The largest absolute Gasteiger partial charge is 0.472 e. The van der Waals surface area contributed by atoms with E-state index in [4.69, 9.17) is 4.42 Å². The number of thiol groups is 1. The van der Waals surface area contributed by atoms with Crippen LogP contribution in [0.1, 0.15) is 56.9 Å². The average Bonchev–Trinajstić information content (AvgIpc) is 2.96. The van der Waals surface area contributed by atoms with Crippen molar-refractivity contribution in [3.63, 3.8) is 0 Å². The highest BCUT2D eigenvalue weighted by Crippen LogP contribution is 2.50. The fourth-order valence-corrected chi connectivity index (χ4v) is 4.57. The second-order valence-corrected chi connectivity index (χ2v) is 7.27. The quantitative estimate of drug-likeness (QED) is 0.757. The molecule has 0 atom stereocenters. The minimum absolute atomic E-state index is 0.715. The van der Waals surface area contributed by atoms with Gasteiger partial charge in [-0.3, -0.25) is 0 Å². The zero-order valence-electron chi connectivity index (χ0n) is 11.8. The zero-order valence-corrected chi connectivity index (χ0v) is 12.7. The van der Waals surface area contributed by atoms with Gasteiger partial charge in [0.1, 0.15) is 0 Å². The Morgan fingerprint density at radius 3 is 2.21 bits per heavy atom. The summed E-state index contributed by atoms with van der Waals surface area (Å²) in [7, 11) is 0. The molecule has 3 rings (SSSR count). The van der Waals surface area contributed by atoms with Crippen LogP contribution in [0.4, 0.5) is 0 Å². The molecule has 106 valence electrons. The molecule has 1 aromatic heterocycles. The van der Waals surface area contributed by atoms with Gasteiger partial charge in [-0.2, -0.15) is 12.6 Å². The van der Waals surface area contributed by atoms with E-state index >= 15 is 0 Å². The lowest BCUT2D eigenvalue weighted by molar-refractivity contribution is 0.0803. The predicted molar refractivity (Wildman–Crippen MR) is 82.6 cm³/mol. The van der Waals surface area contributed by atoms with Crippen molar-refractivity contribution in [3.05, 3.63) is 24.2 Å². The van der Waals surface area contributed by atoms with Crippen LogP contribution in [0.15, 0.2) is 23.0 Å². The smallest absolute Gasteiger partial charge is 0.0934 e. The van der Waals surface area contributed by atoms with Gasteiger partial charge in [0.2, 0.25) is 0 Å². The first-order valence-electron chi connectivity index (χ1n) is 7.92. The molecular formula is C17H26OS. The van der Waals surface area contributed by atoms with E-state index in [1.807, 2.05) is 6.26 Å². The van der Waals surface area contributed by atoms with Crippen LogP contribution >= 0.6 is 12.6 Å². The van der Waals surface area contributed by atoms with Crippen LogP contribution in [0, 0.1) is 17.3 Å². The van der Waals surface area contributed by atoms with Crippen LogP contribution in [0.3, 0.4) is 0 Å². The maximum atomic E-state index is 5.18. The van der Waals surface area contributed by atoms with E-state index in [2.05, 4.69) is 18.7 Å². The summed E-state index contributed by atoms with van der Waals surface area (Å²) >= 11 is 4.47. The molecule has 1 aromatic rings. The third-order valence-electron chi connectivity index (χ3n) is 5.69. The van der Waals surface area contributed by atoms with Gasteiger partial charge >= 0.3 is 0 Å². The van der Waals surface area contributed by atoms with E-state index in [0.29, 0.717) is 5.41 Å². The van der Waals surface area contributed by atoms with Crippen molar-refractivity contribution in [1.82, 2.24) is 0 Å². The highest BCUT2D eigenvalue weighted by atomic mass is 32.1. The SMILES string of the molecule is SCC1CCC2(CC1)CCC(Cc1ccoc1)CC2. The van der Waals surface area contributed by atoms with Crippen molar-refractivity contribution in [2.24, 2.45) is 17.3 Å². The first kappa shape index (κ1) is 13.6. The molecule has 0 N–H and O–H groups in total. The highest BCUT2D eigenvalue weighted by Gasteiger charge is 2.38. The van der Waals surface area contributed by atoms with Gasteiger partial charge in [-0.25, -0.2) is 0 Å². The number of hydrogen-bond acceptors (Lipinski definition) is 2. The van der Waals surface area contributed by atoms with Crippen molar-refractivity contribution < 1.29 is 4.42 Å². The fraction of sp³-hybridized carbons (Fsp3) is 0.765. The minimum Gasteiger partial charge on any atom is -0.472 e. The van der Waals surface area contributed by atoms with Crippen molar-refractivity contribution in [1.29, 1.82) is 0 Å². The highest BCUT2D eigenvalue weighted by molar-refractivity contribution is 7.80. The van der Waals surface area contributed by atoms with E-state index in [0.717, 1.165) is 17.6 Å². The van der Waals surface area contributed by atoms with E-state index in [1.54, 1.807) is 6.26 Å². The summed E-state index contributed by atoms with van der Waals surface area (Å²) in [5.41, 5.74) is 2.10. The van der Waals surface area contributed by atoms with Gasteiger partial charge in [-0.05, 0) is 92.4 Å². The molecule has 0 saturated heterocycles. The predicted octanol–water partition coefficient (Wildman–Crippen LogP) is 5.12. The van der Waals surface area contributed by atoms with Gasteiger partial charge in [0, 0.05) is 0 Å². The molecule has 1 nitrogen and oxygen atoms in total. The lowest BCUT2D eigenvalue weighted by Gasteiger charge is -2.45. The van der Waals surface area contributed by atoms with Crippen LogP contribution < -0.4 is 0 Å². The van der Waals surface area contributed by atoms with Crippen LogP contribution in [-0.2, 0) is 6.42 Å². The molecule has 0 aliphatic heterocycles. The molecule has 0 aromatic carbocycles. The van der Waals surface area contributed by atoms with E-state index in [9.17, 15) is 0 Å². The molecule has 1 spiro atoms. The summed E-state index contributed by atoms with van der Waals surface area (Å²) in [5.74, 6) is 2.89. The van der Waals surface area contributed by atoms with Gasteiger partial charge in [0.15, 0.2) is 0 Å². The molecule has 2 fully saturated rings. The second kappa shape index (κ2) is 5.95. The summed E-state index contributed by atoms with van der Waals surface area (Å²) in [4.78, 5) is 0. The molecular weight excluding hydrogens is 252 g/mol. The van der Waals surface area contributed by atoms with Crippen molar-refractivity contribution in [3.8, 4) is 0 Å². The molecule has 0 radical (unpaired) electrons. The fourth-order valence-electron chi connectivity index (χ4n) is 4.21. The van der Waals surface area contributed by atoms with Crippen LogP contribution in [0.25, 0.3) is 0 Å². The first-order chi connectivity index (χ1) is 9.30. The Balaban J connectivity index is 1.49. The third-order valence-corrected chi connectivity index (χ3v) is 6.21. The van der Waals surface area contributed by atoms with Crippen molar-refractivity contribution in [2.45, 2.75) is 57.8 Å². The molecule has 2 aliphatic carbocycles. The molecule has 0 bridgehead atoms. The zero-order chi connectivity index (χ0) is 13.1. The lowest BCUT2D eigenvalue weighted by atomic mass is 9.61. The first-order valence-corrected chi connectivity index (χ1v) is 8.55. The van der Waals surface area contributed by atoms with Gasteiger partial charge < -0.3 is 4.42 Å². The summed E-state index contributed by atoms with van der Waals surface area (Å²) in [6, 6.07) is 2.13. The normalized spacial score (nSPS) is 35.6. The van der Waals surface area contributed by atoms with Crippen LogP contribution in [0.5, 0.6) is 0 Å². The summed E-state index contributed by atoms with van der Waals surface area (Å²) in [5, 5.41) is 0. The van der Waals surface area contributed by atoms with Gasteiger partial charge in [-0.15, -0.1) is 0 Å². The topological polar surface area (TPSA) is 13.1 Å². The molecule has 2 heteroatoms. The van der Waals surface area contributed by atoms with Gasteiger partial charge in [0.05, 0.1) is 12.5 Å². The summed E-state index contributed by atoms with van der Waals surface area (Å²) in [6.07, 6.45) is 16.5. The molecule has 0 amide bonds. The Bertz CT molecular complexity index is 366. The molecule has 1 heterocycles. The second-order valence-electron chi connectivity index (χ2n) is 6.91. The van der Waals surface area contributed by atoms with Crippen LogP contribution in [0.2, 0.25) is 0 Å². The Morgan fingerprint density at radius 1 is 1.05 bits per heavy atom. The van der Waals surface area contributed by atoms with Crippen molar-refractivity contribution in [2.75, 3.05) is 5.75 Å². The molecule has 19 heavy (non-hydrogen) atoms. The maximum absolute atomic E-state index is 5.18. The maximum Gasteiger partial charge on any atom is 0.0934 e. The van der Waals surface area contributed by atoms with Crippen LogP contribution in [-0.4, -0.2) is 5.75 Å². The number of rotatable bonds is 3. The summed E-state index contributed by atoms with van der Waals surface area (Å²) in [6.45, 7) is 0. The Hall–Kier alpha value is -0.370. The Labute approximate surface area is 122 Å². The van der Waals surface area contributed by atoms with Gasteiger partial charge in [-0.1, -0.05) is 0 Å². The Morgan fingerprint density at radius 2 is 1.68 bits per heavy atom. The molecule has 0 unspecified atom stereocenters. The number of hydrogen-bond donors (Lipinski definition) is 1. The molecule has 2 aliphatic rings. The summed E-state index contributed by atoms with van der Waals surface area (Å²) < 4.78 is 5.18. The van der Waals surface area contributed by atoms with E-state index in [-0.39, 0.29) is 0 Å². The molecule has 2 saturated carbocycles. The standard InChI is InChI=1S/C17H26OS/c19-13-15-3-8-17(9-4-15)6-1-14(2-7-17)11-16-5-10-18-12-16/h5,10,12,14-15,19H,1-4,6-9,11,13H2. The van der Waals surface area contributed by atoms with Gasteiger partial charge in [0.25, 0.3) is 0 Å². The van der Waals surface area contributed by atoms with E-state index in [1.165, 1.54) is 63.4 Å². The average molecular weight is 278 g/mol. The lowest BCUT2D eigenvalue weighted by Crippen LogP contribution is -2.32. The third kappa shape index (κ3) is 3.21.